The quantitative estimate of drug-likeness (QED) is 0.494. The SMILES string of the molecule is Cc1ccc(CNC(=O)c2cccc(N3C(=O)N[C@H]4C[C@@]3(C)Oc3ccc(Br)cc34)c2)cc1. The van der Waals surface area contributed by atoms with Crippen molar-refractivity contribution in [1.29, 1.82) is 0 Å². The average molecular weight is 506 g/mol. The number of nitrogens with one attached hydrogen (secondary N) is 2. The second kappa shape index (κ2) is 8.23. The van der Waals surface area contributed by atoms with Gasteiger partial charge in [-0.3, -0.25) is 9.69 Å². The van der Waals surface area contributed by atoms with Crippen molar-refractivity contribution in [3.63, 3.8) is 0 Å². The lowest BCUT2D eigenvalue weighted by Gasteiger charge is -2.50. The van der Waals surface area contributed by atoms with Gasteiger partial charge in [0.15, 0.2) is 5.72 Å². The van der Waals surface area contributed by atoms with E-state index in [-0.39, 0.29) is 18.0 Å². The number of hydrogen-bond acceptors (Lipinski definition) is 3. The summed E-state index contributed by atoms with van der Waals surface area (Å²) in [6, 6.07) is 20.5. The van der Waals surface area contributed by atoms with Gasteiger partial charge in [-0.05, 0) is 55.8 Å². The molecule has 3 aromatic carbocycles. The van der Waals surface area contributed by atoms with Crippen LogP contribution < -0.4 is 20.3 Å². The first kappa shape index (κ1) is 21.5. The van der Waals surface area contributed by atoms with E-state index in [9.17, 15) is 9.59 Å². The number of rotatable bonds is 4. The number of hydrogen-bond donors (Lipinski definition) is 2. The van der Waals surface area contributed by atoms with E-state index in [0.717, 1.165) is 21.3 Å². The molecule has 2 N–H and O–H groups in total. The minimum absolute atomic E-state index is 0.138. The molecule has 168 valence electrons. The first-order chi connectivity index (χ1) is 15.8. The summed E-state index contributed by atoms with van der Waals surface area (Å²) >= 11 is 3.49. The summed E-state index contributed by atoms with van der Waals surface area (Å²) in [5.41, 5.74) is 3.38. The van der Waals surface area contributed by atoms with Crippen LogP contribution in [0.1, 0.15) is 46.4 Å². The molecule has 0 aliphatic carbocycles. The molecular weight excluding hydrogens is 482 g/mol. The predicted molar refractivity (Wildman–Crippen MR) is 130 cm³/mol. The van der Waals surface area contributed by atoms with Crippen LogP contribution in [0, 0.1) is 6.92 Å². The third kappa shape index (κ3) is 4.09. The Morgan fingerprint density at radius 2 is 1.97 bits per heavy atom. The Morgan fingerprint density at radius 3 is 2.76 bits per heavy atom. The maximum Gasteiger partial charge on any atom is 0.325 e. The van der Waals surface area contributed by atoms with Gasteiger partial charge in [-0.15, -0.1) is 0 Å². The minimum Gasteiger partial charge on any atom is -0.467 e. The van der Waals surface area contributed by atoms with E-state index in [2.05, 4.69) is 26.6 Å². The van der Waals surface area contributed by atoms with E-state index >= 15 is 0 Å². The number of ether oxygens (including phenoxy) is 1. The Labute approximate surface area is 201 Å². The third-order valence-corrected chi connectivity index (χ3v) is 6.67. The number of anilines is 1. The van der Waals surface area contributed by atoms with E-state index in [1.165, 1.54) is 5.56 Å². The lowest BCUT2D eigenvalue weighted by atomic mass is 9.90. The molecule has 6 nitrogen and oxygen atoms in total. The largest absolute Gasteiger partial charge is 0.467 e. The van der Waals surface area contributed by atoms with E-state index in [1.54, 1.807) is 23.1 Å². The Hall–Kier alpha value is -3.32. The van der Waals surface area contributed by atoms with Crippen molar-refractivity contribution in [1.82, 2.24) is 10.6 Å². The van der Waals surface area contributed by atoms with Gasteiger partial charge in [-0.2, -0.15) is 0 Å². The maximum atomic E-state index is 13.2. The number of benzene rings is 3. The molecule has 3 aromatic rings. The lowest BCUT2D eigenvalue weighted by Crippen LogP contribution is -2.65. The molecule has 2 aliphatic heterocycles. The number of amides is 3. The van der Waals surface area contributed by atoms with E-state index in [0.29, 0.717) is 24.2 Å². The monoisotopic (exact) mass is 505 g/mol. The Morgan fingerprint density at radius 1 is 1.18 bits per heavy atom. The Balaban J connectivity index is 1.39. The average Bonchev–Trinajstić information content (AvgIpc) is 2.79. The number of aryl methyl sites for hydroxylation is 1. The summed E-state index contributed by atoms with van der Waals surface area (Å²) in [6.07, 6.45) is 0.589. The summed E-state index contributed by atoms with van der Waals surface area (Å²) in [6.45, 7) is 4.37. The minimum atomic E-state index is -0.870. The second-order valence-corrected chi connectivity index (χ2v) is 9.64. The van der Waals surface area contributed by atoms with Gasteiger partial charge in [0, 0.05) is 28.6 Å². The van der Waals surface area contributed by atoms with Crippen molar-refractivity contribution in [2.24, 2.45) is 0 Å². The van der Waals surface area contributed by atoms with Crippen molar-refractivity contribution in [2.45, 2.75) is 38.6 Å². The van der Waals surface area contributed by atoms with Gasteiger partial charge >= 0.3 is 6.03 Å². The molecule has 5 rings (SSSR count). The smallest absolute Gasteiger partial charge is 0.325 e. The van der Waals surface area contributed by atoms with Crippen LogP contribution in [0.5, 0.6) is 5.75 Å². The van der Waals surface area contributed by atoms with Crippen molar-refractivity contribution in [3.8, 4) is 5.75 Å². The molecule has 2 aliphatic rings. The number of halogens is 1. The highest BCUT2D eigenvalue weighted by Crippen LogP contribution is 2.46. The van der Waals surface area contributed by atoms with Crippen LogP contribution in [-0.4, -0.2) is 17.7 Å². The third-order valence-electron chi connectivity index (χ3n) is 6.17. The molecule has 0 unspecified atom stereocenters. The van der Waals surface area contributed by atoms with Crippen molar-refractivity contribution < 1.29 is 14.3 Å². The molecule has 7 heteroatoms. The summed E-state index contributed by atoms with van der Waals surface area (Å²) in [5.74, 6) is 0.548. The van der Waals surface area contributed by atoms with Gasteiger partial charge in [0.1, 0.15) is 5.75 Å². The van der Waals surface area contributed by atoms with Crippen LogP contribution in [0.2, 0.25) is 0 Å². The fraction of sp³-hybridized carbons (Fsp3) is 0.231. The molecule has 2 bridgehead atoms. The standard InChI is InChI=1S/C26H24BrN3O3/c1-16-6-8-17(9-7-16)15-28-24(31)18-4-3-5-20(12-18)30-25(32)29-22-14-26(30,2)33-23-11-10-19(27)13-21(22)23/h3-13,22H,14-15H2,1-2H3,(H,28,31)(H,29,32)/t22-,26+/m0/s1. The van der Waals surface area contributed by atoms with Crippen molar-refractivity contribution >= 4 is 33.6 Å². The van der Waals surface area contributed by atoms with Crippen LogP contribution in [0.25, 0.3) is 0 Å². The Kier molecular flexibility index (Phi) is 5.37. The highest BCUT2D eigenvalue weighted by atomic mass is 79.9. The second-order valence-electron chi connectivity index (χ2n) is 8.72. The Bertz CT molecular complexity index is 1240. The molecule has 33 heavy (non-hydrogen) atoms. The molecule has 0 radical (unpaired) electrons. The van der Waals surface area contributed by atoms with E-state index < -0.39 is 5.72 Å². The lowest BCUT2D eigenvalue weighted by molar-refractivity contribution is 0.0378. The van der Waals surface area contributed by atoms with Gasteiger partial charge in [0.2, 0.25) is 0 Å². The van der Waals surface area contributed by atoms with Crippen LogP contribution in [-0.2, 0) is 6.54 Å². The zero-order valence-electron chi connectivity index (χ0n) is 18.4. The molecule has 0 spiro atoms. The van der Waals surface area contributed by atoms with Crippen LogP contribution in [0.3, 0.4) is 0 Å². The highest BCUT2D eigenvalue weighted by molar-refractivity contribution is 9.10. The molecule has 0 aromatic heterocycles. The van der Waals surface area contributed by atoms with E-state index in [4.69, 9.17) is 4.74 Å². The zero-order chi connectivity index (χ0) is 23.2. The number of fused-ring (bicyclic) bond motifs is 4. The predicted octanol–water partition coefficient (Wildman–Crippen LogP) is 5.46. The first-order valence-electron chi connectivity index (χ1n) is 10.9. The maximum absolute atomic E-state index is 13.2. The molecule has 2 heterocycles. The summed E-state index contributed by atoms with van der Waals surface area (Å²) < 4.78 is 7.28. The van der Waals surface area contributed by atoms with Gasteiger partial charge in [-0.25, -0.2) is 4.79 Å². The number of nitrogens with zero attached hydrogens (tertiary/aromatic N) is 1. The number of carbonyl (C=O) groups is 2. The molecule has 3 amide bonds. The van der Waals surface area contributed by atoms with E-state index in [1.807, 2.05) is 62.4 Å². The zero-order valence-corrected chi connectivity index (χ0v) is 20.0. The van der Waals surface area contributed by atoms with Crippen molar-refractivity contribution in [2.75, 3.05) is 4.90 Å². The van der Waals surface area contributed by atoms with Crippen LogP contribution >= 0.6 is 15.9 Å². The molecular formula is C26H24BrN3O3. The fourth-order valence-electron chi connectivity index (χ4n) is 4.51. The summed E-state index contributed by atoms with van der Waals surface area (Å²) in [4.78, 5) is 27.6. The normalized spacial score (nSPS) is 21.0. The van der Waals surface area contributed by atoms with Crippen LogP contribution in [0.15, 0.2) is 71.2 Å². The van der Waals surface area contributed by atoms with Crippen molar-refractivity contribution in [3.05, 3.63) is 93.5 Å². The van der Waals surface area contributed by atoms with Gasteiger partial charge in [0.25, 0.3) is 5.91 Å². The molecule has 2 atom stereocenters. The van der Waals surface area contributed by atoms with Crippen LogP contribution in [0.4, 0.5) is 10.5 Å². The van der Waals surface area contributed by atoms with Gasteiger partial charge in [-0.1, -0.05) is 51.8 Å². The highest BCUT2D eigenvalue weighted by Gasteiger charge is 2.49. The molecule has 0 saturated carbocycles. The summed E-state index contributed by atoms with van der Waals surface area (Å²) in [7, 11) is 0. The fourth-order valence-corrected chi connectivity index (χ4v) is 4.89. The topological polar surface area (TPSA) is 70.7 Å². The van der Waals surface area contributed by atoms with Gasteiger partial charge in [0.05, 0.1) is 11.7 Å². The first-order valence-corrected chi connectivity index (χ1v) is 11.6. The number of carbonyl (C=O) groups excluding carboxylic acids is 2. The number of urea groups is 1. The molecule has 1 saturated heterocycles. The molecule has 1 fully saturated rings. The van der Waals surface area contributed by atoms with Gasteiger partial charge < -0.3 is 15.4 Å². The summed E-state index contributed by atoms with van der Waals surface area (Å²) in [5, 5.41) is 6.04.